The summed E-state index contributed by atoms with van der Waals surface area (Å²) in [6.07, 6.45) is 4.66. The Bertz CT molecular complexity index is 742. The largest absolute Gasteiger partial charge is 0.486 e. The maximum atomic E-state index is 13.6. The molecule has 0 aliphatic heterocycles. The third-order valence-electron chi connectivity index (χ3n) is 4.60. The van der Waals surface area contributed by atoms with Crippen molar-refractivity contribution >= 4 is 17.7 Å². The summed E-state index contributed by atoms with van der Waals surface area (Å²) in [5, 5.41) is 0.447. The van der Waals surface area contributed by atoms with Gasteiger partial charge in [0, 0.05) is 5.75 Å². The Kier molecular flexibility index (Phi) is 10.6. The Morgan fingerprint density at radius 2 is 1.97 bits per heavy atom. The predicted molar refractivity (Wildman–Crippen MR) is 115 cm³/mol. The van der Waals surface area contributed by atoms with Crippen molar-refractivity contribution in [3.8, 4) is 5.75 Å². The highest BCUT2D eigenvalue weighted by Gasteiger charge is 2.13. The average molecular weight is 420 g/mol. The molecule has 0 saturated heterocycles. The highest BCUT2D eigenvalue weighted by atomic mass is 32.2. The van der Waals surface area contributed by atoms with E-state index in [1.807, 2.05) is 30.3 Å². The molecule has 2 aromatic rings. The molecule has 0 saturated carbocycles. The number of unbranched alkanes of at least 4 members (excludes halogenated alkanes) is 1. The summed E-state index contributed by atoms with van der Waals surface area (Å²) in [4.78, 5) is 16.0. The van der Waals surface area contributed by atoms with Crippen LogP contribution in [0.5, 0.6) is 5.75 Å². The molecule has 1 aromatic heterocycles. The quantitative estimate of drug-likeness (QED) is 0.225. The lowest BCUT2D eigenvalue weighted by Gasteiger charge is -2.14. The molecule has 6 heteroatoms. The van der Waals surface area contributed by atoms with E-state index >= 15 is 0 Å². The SMILES string of the molecule is CCCCC(CC)COC(=O)CCSc1nc(F)ccc1OCc1ccccc1. The van der Waals surface area contributed by atoms with Crippen LogP contribution < -0.4 is 4.74 Å². The average Bonchev–Trinajstić information content (AvgIpc) is 2.74. The third kappa shape index (κ3) is 8.86. The monoisotopic (exact) mass is 419 g/mol. The molecule has 29 heavy (non-hydrogen) atoms. The Balaban J connectivity index is 1.80. The number of carbonyl (C=O) groups excluding carboxylic acids is 1. The Labute approximate surface area is 177 Å². The van der Waals surface area contributed by atoms with E-state index in [0.717, 1.165) is 31.2 Å². The predicted octanol–water partition coefficient (Wildman–Crippen LogP) is 6.04. The number of thioether (sulfide) groups is 1. The number of halogens is 1. The van der Waals surface area contributed by atoms with Gasteiger partial charge in [-0.05, 0) is 30.0 Å². The maximum Gasteiger partial charge on any atom is 0.306 e. The van der Waals surface area contributed by atoms with Gasteiger partial charge >= 0.3 is 5.97 Å². The highest BCUT2D eigenvalue weighted by molar-refractivity contribution is 7.99. The zero-order valence-electron chi connectivity index (χ0n) is 17.2. The highest BCUT2D eigenvalue weighted by Crippen LogP contribution is 2.28. The van der Waals surface area contributed by atoms with Crippen LogP contribution in [0, 0.1) is 11.9 Å². The number of carbonyl (C=O) groups is 1. The van der Waals surface area contributed by atoms with Gasteiger partial charge < -0.3 is 9.47 Å². The van der Waals surface area contributed by atoms with Crippen molar-refractivity contribution < 1.29 is 18.7 Å². The number of esters is 1. The number of ether oxygens (including phenoxy) is 2. The molecular formula is C23H30FNO3S. The van der Waals surface area contributed by atoms with Gasteiger partial charge in [0.25, 0.3) is 0 Å². The van der Waals surface area contributed by atoms with Crippen LogP contribution in [0.25, 0.3) is 0 Å². The topological polar surface area (TPSA) is 48.4 Å². The minimum atomic E-state index is -0.566. The molecule has 1 aromatic carbocycles. The van der Waals surface area contributed by atoms with Gasteiger partial charge in [-0.25, -0.2) is 4.98 Å². The van der Waals surface area contributed by atoms with Crippen molar-refractivity contribution in [2.24, 2.45) is 5.92 Å². The second-order valence-corrected chi connectivity index (χ2v) is 7.99. The fourth-order valence-corrected chi connectivity index (χ4v) is 3.65. The van der Waals surface area contributed by atoms with Gasteiger partial charge in [-0.2, -0.15) is 4.39 Å². The van der Waals surface area contributed by atoms with E-state index in [9.17, 15) is 9.18 Å². The molecule has 0 N–H and O–H groups in total. The fraction of sp³-hybridized carbons (Fsp3) is 0.478. The van der Waals surface area contributed by atoms with Crippen LogP contribution >= 0.6 is 11.8 Å². The molecule has 1 atom stereocenters. The van der Waals surface area contributed by atoms with Gasteiger partial charge in [0.15, 0.2) is 5.75 Å². The van der Waals surface area contributed by atoms with Gasteiger partial charge in [-0.3, -0.25) is 4.79 Å². The zero-order chi connectivity index (χ0) is 20.9. The molecule has 4 nitrogen and oxygen atoms in total. The van der Waals surface area contributed by atoms with Crippen molar-refractivity contribution in [3.63, 3.8) is 0 Å². The lowest BCUT2D eigenvalue weighted by atomic mass is 10.0. The number of hydrogen-bond acceptors (Lipinski definition) is 5. The summed E-state index contributed by atoms with van der Waals surface area (Å²) in [7, 11) is 0. The molecule has 2 rings (SSSR count). The van der Waals surface area contributed by atoms with E-state index in [0.29, 0.717) is 35.7 Å². The van der Waals surface area contributed by atoms with Crippen LogP contribution in [0.1, 0.15) is 51.5 Å². The molecule has 0 aliphatic carbocycles. The van der Waals surface area contributed by atoms with Crippen LogP contribution in [-0.4, -0.2) is 23.3 Å². The number of aromatic nitrogens is 1. The first-order valence-corrected chi connectivity index (χ1v) is 11.2. The van der Waals surface area contributed by atoms with Crippen molar-refractivity contribution in [1.29, 1.82) is 0 Å². The van der Waals surface area contributed by atoms with Crippen LogP contribution in [0.15, 0.2) is 47.5 Å². The summed E-state index contributed by atoms with van der Waals surface area (Å²) < 4.78 is 24.8. The molecule has 0 amide bonds. The number of rotatable bonds is 13. The molecule has 1 heterocycles. The molecule has 0 bridgehead atoms. The summed E-state index contributed by atoms with van der Waals surface area (Å²) >= 11 is 1.30. The van der Waals surface area contributed by atoms with Crippen LogP contribution in [0.3, 0.4) is 0 Å². The third-order valence-corrected chi connectivity index (χ3v) is 5.57. The van der Waals surface area contributed by atoms with Crippen molar-refractivity contribution in [2.45, 2.75) is 57.6 Å². The first kappa shape index (κ1) is 23.2. The summed E-state index contributed by atoms with van der Waals surface area (Å²) in [5.74, 6) is 0.607. The molecule has 1 unspecified atom stereocenters. The van der Waals surface area contributed by atoms with E-state index in [1.165, 1.54) is 17.8 Å². The smallest absolute Gasteiger partial charge is 0.306 e. The molecule has 0 spiro atoms. The van der Waals surface area contributed by atoms with Crippen LogP contribution in [0.4, 0.5) is 4.39 Å². The first-order chi connectivity index (χ1) is 14.1. The summed E-state index contributed by atoms with van der Waals surface area (Å²) in [6, 6.07) is 12.6. The number of hydrogen-bond donors (Lipinski definition) is 0. The second kappa shape index (κ2) is 13.2. The van der Waals surface area contributed by atoms with Crippen molar-refractivity contribution in [2.75, 3.05) is 12.4 Å². The molecule has 0 fully saturated rings. The lowest BCUT2D eigenvalue weighted by Crippen LogP contribution is -2.14. The van der Waals surface area contributed by atoms with Crippen LogP contribution in [0.2, 0.25) is 0 Å². The normalized spacial score (nSPS) is 11.8. The number of benzene rings is 1. The summed E-state index contributed by atoms with van der Waals surface area (Å²) in [5.41, 5.74) is 1.02. The molecule has 0 aliphatic rings. The Morgan fingerprint density at radius 1 is 1.17 bits per heavy atom. The second-order valence-electron chi connectivity index (χ2n) is 6.91. The van der Waals surface area contributed by atoms with Gasteiger partial charge in [0.1, 0.15) is 11.6 Å². The van der Waals surface area contributed by atoms with E-state index in [-0.39, 0.29) is 12.4 Å². The van der Waals surface area contributed by atoms with Gasteiger partial charge in [0.05, 0.1) is 13.0 Å². The van der Waals surface area contributed by atoms with Gasteiger partial charge in [-0.15, -0.1) is 11.8 Å². The molecule has 0 radical (unpaired) electrons. The van der Waals surface area contributed by atoms with Gasteiger partial charge in [-0.1, -0.05) is 63.4 Å². The molecule has 158 valence electrons. The van der Waals surface area contributed by atoms with Crippen molar-refractivity contribution in [3.05, 3.63) is 54.0 Å². The minimum Gasteiger partial charge on any atom is -0.486 e. The molecular weight excluding hydrogens is 389 g/mol. The van der Waals surface area contributed by atoms with Crippen LogP contribution in [-0.2, 0) is 16.1 Å². The Hall–Kier alpha value is -2.08. The van der Waals surface area contributed by atoms with E-state index < -0.39 is 5.95 Å². The van der Waals surface area contributed by atoms with E-state index in [2.05, 4.69) is 18.8 Å². The Morgan fingerprint density at radius 3 is 2.69 bits per heavy atom. The summed E-state index contributed by atoms with van der Waals surface area (Å²) in [6.45, 7) is 5.13. The van der Waals surface area contributed by atoms with Gasteiger partial charge in [0.2, 0.25) is 5.95 Å². The lowest BCUT2D eigenvalue weighted by molar-refractivity contribution is -0.144. The first-order valence-electron chi connectivity index (χ1n) is 10.2. The maximum absolute atomic E-state index is 13.6. The van der Waals surface area contributed by atoms with Crippen molar-refractivity contribution in [1.82, 2.24) is 4.98 Å². The van der Waals surface area contributed by atoms with E-state index in [4.69, 9.17) is 9.47 Å². The zero-order valence-corrected chi connectivity index (χ0v) is 18.1. The number of pyridine rings is 1. The fourth-order valence-electron chi connectivity index (χ4n) is 2.77. The minimum absolute atomic E-state index is 0.226. The number of nitrogens with zero attached hydrogens (tertiary/aromatic N) is 1. The standard InChI is InChI=1S/C23H30FNO3S/c1-3-5-9-18(4-2)16-28-22(26)14-15-29-23-20(12-13-21(24)25-23)27-17-19-10-7-6-8-11-19/h6-8,10-13,18H,3-5,9,14-17H2,1-2H3. The van der Waals surface area contributed by atoms with E-state index in [1.54, 1.807) is 6.07 Å².